The number of rotatable bonds is 3. The van der Waals surface area contributed by atoms with Crippen LogP contribution in [0.15, 0.2) is 48.5 Å². The fourth-order valence-corrected chi connectivity index (χ4v) is 2.98. The highest BCUT2D eigenvalue weighted by molar-refractivity contribution is 5.94. The Morgan fingerprint density at radius 3 is 2.87 bits per heavy atom. The number of benzene rings is 2. The van der Waals surface area contributed by atoms with Crippen molar-refractivity contribution in [1.82, 2.24) is 14.9 Å². The number of imidazole rings is 1. The predicted molar refractivity (Wildman–Crippen MR) is 87.6 cm³/mol. The molecule has 4 rings (SSSR count). The van der Waals surface area contributed by atoms with E-state index in [0.717, 1.165) is 23.2 Å². The highest BCUT2D eigenvalue weighted by Gasteiger charge is 2.26. The van der Waals surface area contributed by atoms with Crippen LogP contribution in [-0.2, 0) is 6.42 Å². The van der Waals surface area contributed by atoms with Crippen LogP contribution >= 0.6 is 0 Å². The maximum Gasteiger partial charge on any atom is 0.289 e. The molecule has 0 spiro atoms. The Hall–Kier alpha value is -2.82. The Morgan fingerprint density at radius 1 is 1.26 bits per heavy atom. The molecule has 0 aliphatic carbocycles. The number of nitrogens with zero attached hydrogens (tertiary/aromatic N) is 2. The number of hydrogen-bond donors (Lipinski definition) is 1. The van der Waals surface area contributed by atoms with Crippen LogP contribution in [0.2, 0.25) is 0 Å². The summed E-state index contributed by atoms with van der Waals surface area (Å²) in [5, 5.41) is 0. The van der Waals surface area contributed by atoms with E-state index >= 15 is 0 Å². The van der Waals surface area contributed by atoms with Crippen LogP contribution in [0.25, 0.3) is 11.0 Å². The Balaban J connectivity index is 1.47. The lowest BCUT2D eigenvalue weighted by Crippen LogP contribution is -2.36. The predicted octanol–water partition coefficient (Wildman–Crippen LogP) is 2.64. The minimum absolute atomic E-state index is 0.00858. The van der Waals surface area contributed by atoms with Crippen molar-refractivity contribution < 1.29 is 9.53 Å². The zero-order chi connectivity index (χ0) is 15.8. The van der Waals surface area contributed by atoms with Gasteiger partial charge in [0.15, 0.2) is 5.82 Å². The van der Waals surface area contributed by atoms with Gasteiger partial charge in [-0.25, -0.2) is 4.98 Å². The molecule has 1 atom stereocenters. The highest BCUT2D eigenvalue weighted by atomic mass is 16.5. The molecule has 116 valence electrons. The monoisotopic (exact) mass is 307 g/mol. The van der Waals surface area contributed by atoms with Crippen LogP contribution in [0.3, 0.4) is 0 Å². The minimum Gasteiger partial charge on any atom is -0.488 e. The summed E-state index contributed by atoms with van der Waals surface area (Å²) < 4.78 is 5.90. The van der Waals surface area contributed by atoms with Gasteiger partial charge in [-0.3, -0.25) is 4.79 Å². The molecule has 1 N–H and O–H groups in total. The maximum atomic E-state index is 12.6. The van der Waals surface area contributed by atoms with E-state index in [9.17, 15) is 4.79 Å². The number of carbonyl (C=O) groups excluding carboxylic acids is 1. The molecule has 3 aromatic rings. The molecule has 0 radical (unpaired) electrons. The third-order valence-electron chi connectivity index (χ3n) is 4.13. The van der Waals surface area contributed by atoms with Crippen molar-refractivity contribution >= 4 is 16.9 Å². The number of hydrogen-bond acceptors (Lipinski definition) is 3. The van der Waals surface area contributed by atoms with Gasteiger partial charge >= 0.3 is 0 Å². The lowest BCUT2D eigenvalue weighted by Gasteiger charge is -2.20. The smallest absolute Gasteiger partial charge is 0.289 e. The molecule has 2 aromatic carbocycles. The van der Waals surface area contributed by atoms with E-state index in [4.69, 9.17) is 4.74 Å². The second kappa shape index (κ2) is 5.43. The first-order valence-corrected chi connectivity index (χ1v) is 7.65. The molecule has 1 aliphatic heterocycles. The fourth-order valence-electron chi connectivity index (χ4n) is 2.98. The van der Waals surface area contributed by atoms with Crippen LogP contribution in [-0.4, -0.2) is 40.5 Å². The van der Waals surface area contributed by atoms with Gasteiger partial charge in [-0.15, -0.1) is 0 Å². The third-order valence-corrected chi connectivity index (χ3v) is 4.13. The number of fused-ring (bicyclic) bond motifs is 2. The van der Waals surface area contributed by atoms with E-state index in [1.807, 2.05) is 42.5 Å². The zero-order valence-electron chi connectivity index (χ0n) is 12.8. The van der Waals surface area contributed by atoms with Gasteiger partial charge in [0.2, 0.25) is 0 Å². The van der Waals surface area contributed by atoms with Gasteiger partial charge < -0.3 is 14.6 Å². The van der Waals surface area contributed by atoms with Crippen molar-refractivity contribution in [3.05, 3.63) is 59.9 Å². The second-order valence-corrected chi connectivity index (χ2v) is 5.84. The van der Waals surface area contributed by atoms with Crippen LogP contribution in [0, 0.1) is 0 Å². The second-order valence-electron chi connectivity index (χ2n) is 5.84. The van der Waals surface area contributed by atoms with E-state index in [1.54, 1.807) is 11.9 Å². The molecular weight excluding hydrogens is 290 g/mol. The summed E-state index contributed by atoms with van der Waals surface area (Å²) in [6, 6.07) is 15.6. The Bertz CT molecular complexity index is 813. The number of aromatic amines is 1. The van der Waals surface area contributed by atoms with Gasteiger partial charge in [0.05, 0.1) is 17.6 Å². The summed E-state index contributed by atoms with van der Waals surface area (Å²) in [5.74, 6) is 1.16. The number of amides is 1. The number of ether oxygens (including phenoxy) is 1. The first kappa shape index (κ1) is 13.8. The molecule has 5 heteroatoms. The molecule has 0 unspecified atom stereocenters. The third kappa shape index (κ3) is 2.54. The van der Waals surface area contributed by atoms with Crippen molar-refractivity contribution in [3.63, 3.8) is 0 Å². The zero-order valence-corrected chi connectivity index (χ0v) is 12.8. The quantitative estimate of drug-likeness (QED) is 0.809. The van der Waals surface area contributed by atoms with Gasteiger partial charge in [0.1, 0.15) is 11.9 Å². The molecule has 2 heterocycles. The highest BCUT2D eigenvalue weighted by Crippen LogP contribution is 2.28. The Labute approximate surface area is 133 Å². The summed E-state index contributed by atoms with van der Waals surface area (Å²) >= 11 is 0. The van der Waals surface area contributed by atoms with E-state index < -0.39 is 0 Å². The SMILES string of the molecule is CN(C[C@H]1Cc2ccccc2O1)C(=O)c1nc2ccccc2[nH]1. The van der Waals surface area contributed by atoms with Gasteiger partial charge in [-0.05, 0) is 23.8 Å². The molecule has 0 bridgehead atoms. The maximum absolute atomic E-state index is 12.6. The van der Waals surface area contributed by atoms with Gasteiger partial charge in [-0.2, -0.15) is 0 Å². The number of likely N-dealkylation sites (N-methyl/N-ethyl adjacent to an activating group) is 1. The minimum atomic E-state index is -0.124. The van der Waals surface area contributed by atoms with E-state index in [-0.39, 0.29) is 12.0 Å². The van der Waals surface area contributed by atoms with E-state index in [0.29, 0.717) is 12.4 Å². The normalized spacial score (nSPS) is 16.1. The average Bonchev–Trinajstić information content (AvgIpc) is 3.16. The molecule has 1 amide bonds. The first-order chi connectivity index (χ1) is 11.2. The number of nitrogens with one attached hydrogen (secondary N) is 1. The fraction of sp³-hybridized carbons (Fsp3) is 0.222. The Kier molecular flexibility index (Phi) is 3.26. The molecule has 0 saturated carbocycles. The van der Waals surface area contributed by atoms with Crippen LogP contribution < -0.4 is 4.74 Å². The number of aromatic nitrogens is 2. The van der Waals surface area contributed by atoms with Crippen molar-refractivity contribution in [1.29, 1.82) is 0 Å². The lowest BCUT2D eigenvalue weighted by atomic mass is 10.1. The van der Waals surface area contributed by atoms with E-state index in [2.05, 4.69) is 16.0 Å². The molecule has 5 nitrogen and oxygen atoms in total. The van der Waals surface area contributed by atoms with Gasteiger partial charge in [0.25, 0.3) is 5.91 Å². The van der Waals surface area contributed by atoms with Crippen molar-refractivity contribution in [2.45, 2.75) is 12.5 Å². The summed E-state index contributed by atoms with van der Waals surface area (Å²) in [4.78, 5) is 21.6. The standard InChI is InChI=1S/C18H17N3O2/c1-21(11-13-10-12-6-2-5-9-16(12)23-13)18(22)17-19-14-7-3-4-8-15(14)20-17/h2-9,13H,10-11H2,1H3,(H,19,20)/t13-/m1/s1. The van der Waals surface area contributed by atoms with Crippen LogP contribution in [0.5, 0.6) is 5.75 Å². The van der Waals surface area contributed by atoms with Gasteiger partial charge in [0, 0.05) is 13.5 Å². The summed E-state index contributed by atoms with van der Waals surface area (Å²) in [6.45, 7) is 0.532. The lowest BCUT2D eigenvalue weighted by molar-refractivity contribution is 0.0720. The largest absolute Gasteiger partial charge is 0.488 e. The molecule has 0 saturated heterocycles. The Morgan fingerprint density at radius 2 is 2.04 bits per heavy atom. The molecule has 0 fully saturated rings. The van der Waals surface area contributed by atoms with Crippen molar-refractivity contribution in [2.75, 3.05) is 13.6 Å². The number of para-hydroxylation sites is 3. The van der Waals surface area contributed by atoms with Crippen molar-refractivity contribution in [3.8, 4) is 5.75 Å². The van der Waals surface area contributed by atoms with Gasteiger partial charge in [-0.1, -0.05) is 30.3 Å². The summed E-state index contributed by atoms with van der Waals surface area (Å²) in [6.07, 6.45) is 0.819. The van der Waals surface area contributed by atoms with Crippen molar-refractivity contribution in [2.24, 2.45) is 0 Å². The number of carbonyl (C=O) groups is 1. The first-order valence-electron chi connectivity index (χ1n) is 7.65. The van der Waals surface area contributed by atoms with Crippen LogP contribution in [0.1, 0.15) is 16.2 Å². The summed E-state index contributed by atoms with van der Waals surface area (Å²) in [7, 11) is 1.78. The molecule has 23 heavy (non-hydrogen) atoms. The molecule has 1 aliphatic rings. The molecule has 1 aromatic heterocycles. The average molecular weight is 307 g/mol. The van der Waals surface area contributed by atoms with Crippen LogP contribution in [0.4, 0.5) is 0 Å². The van der Waals surface area contributed by atoms with E-state index in [1.165, 1.54) is 5.56 Å². The number of H-pyrrole nitrogens is 1. The molecular formula is C18H17N3O2. The summed E-state index contributed by atoms with van der Waals surface area (Å²) in [5.41, 5.74) is 2.87. The topological polar surface area (TPSA) is 58.2 Å².